The van der Waals surface area contributed by atoms with Crippen molar-refractivity contribution in [2.24, 2.45) is 17.8 Å². The average molecular weight is 393 g/mol. The number of amides is 2. The molecule has 2 aliphatic rings. The van der Waals surface area contributed by atoms with Gasteiger partial charge in [-0.3, -0.25) is 23.9 Å². The first-order chi connectivity index (χ1) is 12.7. The van der Waals surface area contributed by atoms with Crippen molar-refractivity contribution in [3.05, 3.63) is 32.6 Å². The summed E-state index contributed by atoms with van der Waals surface area (Å²) in [6.07, 6.45) is 4.19. The highest BCUT2D eigenvalue weighted by atomic mass is 16.2. The molecular weight excluding hydrogens is 360 g/mol. The standard InChI is InChI=1S/C19H28N4O4.CH4/c1-11(2)6-17(25)22-8-14(13-4-5-13)15(9-22)20-16(24)10-23-7-12(3)18(26)21-19(23)27;/h7,11,13-15H,4-6,8-10H2,1-3H3,(H,20,24)(H,21,26,27);1H4/t14-,15+;/m0./s1. The zero-order chi connectivity index (χ0) is 19.7. The van der Waals surface area contributed by atoms with Crippen LogP contribution in [0.5, 0.6) is 0 Å². The van der Waals surface area contributed by atoms with Gasteiger partial charge in [-0.05, 0) is 31.6 Å². The van der Waals surface area contributed by atoms with Crippen molar-refractivity contribution in [3.8, 4) is 0 Å². The molecular formula is C20H32N4O4. The van der Waals surface area contributed by atoms with Crippen LogP contribution in [-0.4, -0.2) is 45.4 Å². The van der Waals surface area contributed by atoms with Crippen LogP contribution in [0, 0.1) is 24.7 Å². The second-order valence-corrected chi connectivity index (χ2v) is 8.27. The SMILES string of the molecule is C.Cc1cn(CC(=O)N[C@@H]2CN(C(=O)CC(C)C)C[C@H]2C2CC2)c(=O)[nH]c1=O. The fraction of sp³-hybridized carbons (Fsp3) is 0.700. The van der Waals surface area contributed by atoms with Crippen LogP contribution in [0.25, 0.3) is 0 Å². The first kappa shape index (κ1) is 21.9. The molecule has 2 fully saturated rings. The lowest BCUT2D eigenvalue weighted by atomic mass is 9.98. The van der Waals surface area contributed by atoms with Crippen LogP contribution in [0.15, 0.2) is 15.8 Å². The molecule has 2 N–H and O–H groups in total. The molecule has 0 bridgehead atoms. The maximum Gasteiger partial charge on any atom is 0.328 e. The number of aryl methyl sites for hydroxylation is 1. The molecule has 28 heavy (non-hydrogen) atoms. The van der Waals surface area contributed by atoms with Crippen LogP contribution < -0.4 is 16.6 Å². The first-order valence-electron chi connectivity index (χ1n) is 9.62. The van der Waals surface area contributed by atoms with E-state index in [1.165, 1.54) is 10.8 Å². The number of nitrogens with one attached hydrogen (secondary N) is 2. The summed E-state index contributed by atoms with van der Waals surface area (Å²) in [4.78, 5) is 52.3. The van der Waals surface area contributed by atoms with Crippen molar-refractivity contribution in [1.82, 2.24) is 19.8 Å². The average Bonchev–Trinajstić information content (AvgIpc) is 3.33. The van der Waals surface area contributed by atoms with E-state index >= 15 is 0 Å². The summed E-state index contributed by atoms with van der Waals surface area (Å²) in [6, 6.07) is -0.0827. The van der Waals surface area contributed by atoms with E-state index in [-0.39, 0.29) is 37.7 Å². The predicted octanol–water partition coefficient (Wildman–Crippen LogP) is 0.880. The molecule has 8 nitrogen and oxygen atoms in total. The number of carbonyl (C=O) groups excluding carboxylic acids is 2. The molecule has 156 valence electrons. The van der Waals surface area contributed by atoms with E-state index in [2.05, 4.69) is 10.3 Å². The lowest BCUT2D eigenvalue weighted by Crippen LogP contribution is -2.44. The maximum atomic E-state index is 12.5. The van der Waals surface area contributed by atoms with Crippen LogP contribution in [0.3, 0.4) is 0 Å². The van der Waals surface area contributed by atoms with Crippen LogP contribution in [0.1, 0.15) is 46.1 Å². The second kappa shape index (κ2) is 8.75. The van der Waals surface area contributed by atoms with Crippen molar-refractivity contribution in [3.63, 3.8) is 0 Å². The summed E-state index contributed by atoms with van der Waals surface area (Å²) in [5, 5.41) is 3.01. The van der Waals surface area contributed by atoms with E-state index in [0.29, 0.717) is 36.9 Å². The van der Waals surface area contributed by atoms with E-state index in [1.54, 1.807) is 6.92 Å². The highest BCUT2D eigenvalue weighted by Gasteiger charge is 2.44. The van der Waals surface area contributed by atoms with Crippen molar-refractivity contribution < 1.29 is 9.59 Å². The van der Waals surface area contributed by atoms with E-state index < -0.39 is 11.2 Å². The van der Waals surface area contributed by atoms with Gasteiger partial charge in [0.15, 0.2) is 0 Å². The molecule has 1 aromatic heterocycles. The Kier molecular flexibility index (Phi) is 6.85. The zero-order valence-corrected chi connectivity index (χ0v) is 16.2. The Hall–Kier alpha value is -2.38. The number of hydrogen-bond acceptors (Lipinski definition) is 4. The van der Waals surface area contributed by atoms with Gasteiger partial charge in [-0.1, -0.05) is 21.3 Å². The number of likely N-dealkylation sites (tertiary alicyclic amines) is 1. The maximum absolute atomic E-state index is 12.5. The molecule has 0 unspecified atom stereocenters. The van der Waals surface area contributed by atoms with Gasteiger partial charge < -0.3 is 10.2 Å². The Morgan fingerprint density at radius 2 is 1.93 bits per heavy atom. The molecule has 1 aliphatic carbocycles. The number of hydrogen-bond donors (Lipinski definition) is 2. The van der Waals surface area contributed by atoms with Crippen molar-refractivity contribution in [1.29, 1.82) is 0 Å². The van der Waals surface area contributed by atoms with E-state index in [4.69, 9.17) is 0 Å². The van der Waals surface area contributed by atoms with Gasteiger partial charge in [0, 0.05) is 37.2 Å². The molecule has 3 rings (SSSR count). The molecule has 0 radical (unpaired) electrons. The van der Waals surface area contributed by atoms with Crippen molar-refractivity contribution in [2.75, 3.05) is 13.1 Å². The zero-order valence-electron chi connectivity index (χ0n) is 16.2. The number of carbonyl (C=O) groups is 2. The fourth-order valence-corrected chi connectivity index (χ4v) is 3.81. The number of H-pyrrole nitrogens is 1. The van der Waals surface area contributed by atoms with Crippen LogP contribution in [0.2, 0.25) is 0 Å². The van der Waals surface area contributed by atoms with Gasteiger partial charge in [0.1, 0.15) is 6.54 Å². The van der Waals surface area contributed by atoms with Gasteiger partial charge in [0.05, 0.1) is 6.04 Å². The van der Waals surface area contributed by atoms with Gasteiger partial charge in [-0.15, -0.1) is 0 Å². The topological polar surface area (TPSA) is 104 Å². The van der Waals surface area contributed by atoms with Crippen LogP contribution in [0.4, 0.5) is 0 Å². The minimum absolute atomic E-state index is 0. The largest absolute Gasteiger partial charge is 0.350 e. The Labute approximate surface area is 165 Å². The van der Waals surface area contributed by atoms with Crippen molar-refractivity contribution >= 4 is 11.8 Å². The molecule has 1 saturated carbocycles. The molecule has 2 atom stereocenters. The van der Waals surface area contributed by atoms with E-state index in [1.807, 2.05) is 18.7 Å². The third kappa shape index (κ3) is 5.11. The highest BCUT2D eigenvalue weighted by molar-refractivity contribution is 5.78. The summed E-state index contributed by atoms with van der Waals surface area (Å²) in [5.74, 6) is 1.00. The number of aromatic amines is 1. The highest BCUT2D eigenvalue weighted by Crippen LogP contribution is 2.41. The Morgan fingerprint density at radius 1 is 1.25 bits per heavy atom. The van der Waals surface area contributed by atoms with Gasteiger partial charge in [0.25, 0.3) is 5.56 Å². The van der Waals surface area contributed by atoms with Gasteiger partial charge in [-0.2, -0.15) is 0 Å². The number of nitrogens with zero attached hydrogens (tertiary/aromatic N) is 2. The summed E-state index contributed by atoms with van der Waals surface area (Å²) in [6.45, 7) is 6.71. The van der Waals surface area contributed by atoms with E-state index in [0.717, 1.165) is 12.8 Å². The number of rotatable bonds is 6. The van der Waals surface area contributed by atoms with E-state index in [9.17, 15) is 19.2 Å². The lowest BCUT2D eigenvalue weighted by Gasteiger charge is -2.19. The first-order valence-corrected chi connectivity index (χ1v) is 9.62. The monoisotopic (exact) mass is 392 g/mol. The summed E-state index contributed by atoms with van der Waals surface area (Å²) in [5.41, 5.74) is -0.662. The third-order valence-corrected chi connectivity index (χ3v) is 5.38. The molecule has 0 spiro atoms. The molecule has 2 amide bonds. The van der Waals surface area contributed by atoms with Crippen molar-refractivity contribution in [2.45, 2.75) is 60.0 Å². The molecule has 0 aromatic carbocycles. The molecule has 2 heterocycles. The fourth-order valence-electron chi connectivity index (χ4n) is 3.81. The molecule has 1 saturated heterocycles. The Balaban J connectivity index is 0.00000280. The Bertz CT molecular complexity index is 837. The second-order valence-electron chi connectivity index (χ2n) is 8.27. The minimum Gasteiger partial charge on any atom is -0.350 e. The van der Waals surface area contributed by atoms with Gasteiger partial charge >= 0.3 is 5.69 Å². The lowest BCUT2D eigenvalue weighted by molar-refractivity contribution is -0.131. The number of aromatic nitrogens is 2. The van der Waals surface area contributed by atoms with Crippen LogP contribution in [-0.2, 0) is 16.1 Å². The summed E-state index contributed by atoms with van der Waals surface area (Å²) >= 11 is 0. The van der Waals surface area contributed by atoms with Gasteiger partial charge in [0.2, 0.25) is 11.8 Å². The Morgan fingerprint density at radius 3 is 2.54 bits per heavy atom. The quantitative estimate of drug-likeness (QED) is 0.750. The molecule has 1 aromatic rings. The third-order valence-electron chi connectivity index (χ3n) is 5.38. The molecule has 1 aliphatic heterocycles. The normalized spacial score (nSPS) is 21.5. The summed E-state index contributed by atoms with van der Waals surface area (Å²) in [7, 11) is 0. The van der Waals surface area contributed by atoms with Crippen LogP contribution >= 0.6 is 0 Å². The smallest absolute Gasteiger partial charge is 0.328 e. The minimum atomic E-state index is -0.598. The summed E-state index contributed by atoms with van der Waals surface area (Å²) < 4.78 is 1.20. The van der Waals surface area contributed by atoms with Gasteiger partial charge in [-0.25, -0.2) is 4.79 Å². The predicted molar refractivity (Wildman–Crippen MR) is 107 cm³/mol. The molecule has 8 heteroatoms.